The zero-order valence-electron chi connectivity index (χ0n) is 39.1. The molecule has 0 atom stereocenters. The van der Waals surface area contributed by atoms with E-state index in [0.717, 1.165) is 55.5 Å². The van der Waals surface area contributed by atoms with Crippen molar-refractivity contribution in [1.29, 1.82) is 0 Å². The van der Waals surface area contributed by atoms with Gasteiger partial charge in [-0.25, -0.2) is 0 Å². The second kappa shape index (κ2) is 16.5. The fourth-order valence-corrected chi connectivity index (χ4v) is 9.96. The van der Waals surface area contributed by atoms with Gasteiger partial charge in [-0.2, -0.15) is 0 Å². The van der Waals surface area contributed by atoms with Crippen LogP contribution in [0.25, 0.3) is 65.7 Å². The first-order valence-electron chi connectivity index (χ1n) is 23.4. The summed E-state index contributed by atoms with van der Waals surface area (Å²) in [4.78, 5) is 4.88. The number of hydrogen-bond acceptors (Lipinski definition) is 3. The van der Waals surface area contributed by atoms with Gasteiger partial charge >= 0.3 is 0 Å². The van der Waals surface area contributed by atoms with Gasteiger partial charge in [0, 0.05) is 44.6 Å². The summed E-state index contributed by atoms with van der Waals surface area (Å²) in [6, 6.07) is 79.3. The lowest BCUT2D eigenvalue weighted by atomic mass is 9.82. The Morgan fingerprint density at radius 3 is 1.06 bits per heavy atom. The minimum atomic E-state index is -0.114. The van der Waals surface area contributed by atoms with E-state index in [0.29, 0.717) is 0 Å². The van der Waals surface area contributed by atoms with Gasteiger partial charge in [0.2, 0.25) is 0 Å². The van der Waals surface area contributed by atoms with Crippen molar-refractivity contribution in [3.05, 3.63) is 230 Å². The van der Waals surface area contributed by atoms with Gasteiger partial charge < -0.3 is 14.2 Å². The number of fused-ring (bicyclic) bond motifs is 5. The van der Waals surface area contributed by atoms with Gasteiger partial charge in [-0.1, -0.05) is 187 Å². The van der Waals surface area contributed by atoms with Gasteiger partial charge in [-0.3, -0.25) is 0 Å². The lowest BCUT2D eigenvalue weighted by Gasteiger charge is -2.34. The van der Waals surface area contributed by atoms with Crippen LogP contribution in [0.15, 0.2) is 223 Å². The quantitative estimate of drug-likeness (QED) is 0.152. The molecule has 1 aromatic heterocycles. The molecule has 0 fully saturated rings. The zero-order valence-corrected chi connectivity index (χ0v) is 39.1. The highest BCUT2D eigenvalue weighted by molar-refractivity contribution is 6.14. The van der Waals surface area contributed by atoms with E-state index in [1.807, 2.05) is 0 Å². The van der Waals surface area contributed by atoms with Crippen LogP contribution in [0.2, 0.25) is 0 Å². The van der Waals surface area contributed by atoms with Crippen molar-refractivity contribution >= 4 is 77.6 Å². The first kappa shape index (κ1) is 41.8. The Morgan fingerprint density at radius 1 is 0.313 bits per heavy atom. The molecule has 10 aromatic carbocycles. The van der Waals surface area contributed by atoms with Crippen LogP contribution in [0.1, 0.15) is 52.7 Å². The first-order valence-corrected chi connectivity index (χ1v) is 23.4. The van der Waals surface area contributed by atoms with Gasteiger partial charge in [0.05, 0.1) is 11.4 Å². The third-order valence-corrected chi connectivity index (χ3v) is 13.2. The van der Waals surface area contributed by atoms with E-state index in [9.17, 15) is 0 Å². The maximum absolute atomic E-state index is 6.86. The summed E-state index contributed by atoms with van der Waals surface area (Å²) in [5.74, 6) is 0. The van der Waals surface area contributed by atoms with Crippen molar-refractivity contribution in [1.82, 2.24) is 0 Å². The Balaban J connectivity index is 1.06. The van der Waals surface area contributed by atoms with Gasteiger partial charge in [0.15, 0.2) is 0 Å². The monoisotopic (exact) mass is 866 g/mol. The number of nitrogens with zero attached hydrogens (tertiary/aromatic N) is 2. The molecule has 0 spiro atoms. The summed E-state index contributed by atoms with van der Waals surface area (Å²) < 4.78 is 6.86. The molecule has 0 aliphatic heterocycles. The largest absolute Gasteiger partial charge is 0.456 e. The van der Waals surface area contributed by atoms with Crippen molar-refractivity contribution in [2.45, 2.75) is 52.4 Å². The van der Waals surface area contributed by atoms with E-state index in [4.69, 9.17) is 4.42 Å². The number of para-hydroxylation sites is 4. The second-order valence-electron chi connectivity index (χ2n) is 19.8. The average molecular weight is 867 g/mol. The van der Waals surface area contributed by atoms with Crippen LogP contribution >= 0.6 is 0 Å². The number of benzene rings is 10. The molecule has 11 aromatic rings. The van der Waals surface area contributed by atoms with Gasteiger partial charge in [-0.05, 0) is 127 Å². The van der Waals surface area contributed by atoms with Crippen LogP contribution in [0.3, 0.4) is 0 Å². The Morgan fingerprint density at radius 2 is 0.687 bits per heavy atom. The lowest BCUT2D eigenvalue weighted by Crippen LogP contribution is -2.20. The normalized spacial score (nSPS) is 12.0. The van der Waals surface area contributed by atoms with Crippen LogP contribution in [-0.4, -0.2) is 0 Å². The van der Waals surface area contributed by atoms with E-state index < -0.39 is 0 Å². The Bertz CT molecular complexity index is 3340. The van der Waals surface area contributed by atoms with E-state index in [2.05, 4.69) is 270 Å². The standard InChI is InChI=1S/C64H54N2O/c1-63(2,3)57-31-19-29-53(43-21-11-7-12-22-43)61(57)65(49-25-15-9-16-26-49)51-35-33-45-39-55-56-40-46-34-36-52(38-48(46)42-60(56)67-59(55)41-47(45)37-51)66(50-27-17-10-18-28-50)62-54(44-23-13-8-14-24-44)30-20-32-58(62)64(4,5)6/h7-42H,1-6H3. The molecule has 3 nitrogen and oxygen atoms in total. The minimum Gasteiger partial charge on any atom is -0.456 e. The van der Waals surface area contributed by atoms with Crippen LogP contribution in [0.4, 0.5) is 34.1 Å². The van der Waals surface area contributed by atoms with Gasteiger partial charge in [0.25, 0.3) is 0 Å². The second-order valence-corrected chi connectivity index (χ2v) is 19.8. The molecule has 67 heavy (non-hydrogen) atoms. The predicted molar refractivity (Wildman–Crippen MR) is 286 cm³/mol. The zero-order chi connectivity index (χ0) is 45.9. The Kier molecular flexibility index (Phi) is 10.3. The van der Waals surface area contributed by atoms with Crippen LogP contribution in [-0.2, 0) is 10.8 Å². The van der Waals surface area contributed by atoms with Crippen molar-refractivity contribution < 1.29 is 4.42 Å². The maximum Gasteiger partial charge on any atom is 0.136 e. The molecule has 0 radical (unpaired) electrons. The molecule has 0 saturated heterocycles. The summed E-state index contributed by atoms with van der Waals surface area (Å²) in [6.45, 7) is 13.8. The molecule has 0 N–H and O–H groups in total. The van der Waals surface area contributed by atoms with Crippen molar-refractivity contribution in [3.63, 3.8) is 0 Å². The summed E-state index contributed by atoms with van der Waals surface area (Å²) >= 11 is 0. The molecule has 0 aliphatic carbocycles. The maximum atomic E-state index is 6.86. The van der Waals surface area contributed by atoms with Crippen LogP contribution in [0, 0.1) is 0 Å². The molecule has 11 rings (SSSR count). The Labute approximate surface area is 394 Å². The molecule has 0 aliphatic rings. The van der Waals surface area contributed by atoms with Crippen molar-refractivity contribution in [2.24, 2.45) is 0 Å². The molecule has 0 amide bonds. The number of furan rings is 1. The molecular weight excluding hydrogens is 813 g/mol. The smallest absolute Gasteiger partial charge is 0.136 e. The van der Waals surface area contributed by atoms with E-state index in [1.54, 1.807) is 0 Å². The van der Waals surface area contributed by atoms with Crippen LogP contribution < -0.4 is 9.80 Å². The summed E-state index contributed by atoms with van der Waals surface area (Å²) in [5, 5.41) is 6.81. The van der Waals surface area contributed by atoms with E-state index in [-0.39, 0.29) is 10.8 Å². The third-order valence-electron chi connectivity index (χ3n) is 13.2. The van der Waals surface area contributed by atoms with Crippen molar-refractivity contribution in [2.75, 3.05) is 9.80 Å². The lowest BCUT2D eigenvalue weighted by molar-refractivity contribution is 0.591. The predicted octanol–water partition coefficient (Wildman–Crippen LogP) is 18.8. The molecule has 0 saturated carbocycles. The van der Waals surface area contributed by atoms with E-state index in [1.165, 1.54) is 55.5 Å². The first-order chi connectivity index (χ1) is 32.5. The third kappa shape index (κ3) is 7.71. The summed E-state index contributed by atoms with van der Waals surface area (Å²) in [7, 11) is 0. The highest BCUT2D eigenvalue weighted by Crippen LogP contribution is 2.49. The molecule has 3 heteroatoms. The topological polar surface area (TPSA) is 19.6 Å². The van der Waals surface area contributed by atoms with E-state index >= 15 is 0 Å². The van der Waals surface area contributed by atoms with Gasteiger partial charge in [-0.15, -0.1) is 0 Å². The summed E-state index contributed by atoms with van der Waals surface area (Å²) in [5.41, 5.74) is 15.6. The Hall–Kier alpha value is -7.88. The summed E-state index contributed by atoms with van der Waals surface area (Å²) in [6.07, 6.45) is 0. The fraction of sp³-hybridized carbons (Fsp3) is 0.125. The SMILES string of the molecule is CC(C)(C)c1cccc(-c2ccccc2)c1N(c1ccccc1)c1ccc2cc3c(cc2c1)oc1cc2cc(N(c4ccccc4)c4c(-c5ccccc5)cccc4C(C)(C)C)ccc2cc13. The molecular formula is C64H54N2O. The minimum absolute atomic E-state index is 0.114. The number of rotatable bonds is 8. The molecule has 0 unspecified atom stereocenters. The average Bonchev–Trinajstić information content (AvgIpc) is 3.69. The van der Waals surface area contributed by atoms with Gasteiger partial charge in [0.1, 0.15) is 11.2 Å². The highest BCUT2D eigenvalue weighted by Gasteiger charge is 2.29. The van der Waals surface area contributed by atoms with Crippen molar-refractivity contribution in [3.8, 4) is 22.3 Å². The van der Waals surface area contributed by atoms with Crippen LogP contribution in [0.5, 0.6) is 0 Å². The molecule has 0 bridgehead atoms. The number of hydrogen-bond donors (Lipinski definition) is 0. The highest BCUT2D eigenvalue weighted by atomic mass is 16.3. The number of anilines is 6. The fourth-order valence-electron chi connectivity index (χ4n) is 9.96. The molecule has 1 heterocycles. The molecule has 326 valence electrons.